The van der Waals surface area contributed by atoms with Crippen molar-refractivity contribution in [2.45, 2.75) is 19.3 Å². The second-order valence-electron chi connectivity index (χ2n) is 4.74. The van der Waals surface area contributed by atoms with E-state index in [9.17, 15) is 0 Å². The number of nitrogens with zero attached hydrogens (tertiary/aromatic N) is 1. The minimum Gasteiger partial charge on any atom is -0.349 e. The average molecular weight is 290 g/mol. The Hall–Kier alpha value is -1.27. The summed E-state index contributed by atoms with van der Waals surface area (Å²) in [5.74, 6) is 0. The fourth-order valence-electron chi connectivity index (χ4n) is 2.11. The Morgan fingerprint density at radius 1 is 1.30 bits per heavy atom. The number of thiazole rings is 1. The molecule has 2 aromatic rings. The Morgan fingerprint density at radius 3 is 2.80 bits per heavy atom. The van der Waals surface area contributed by atoms with Crippen molar-refractivity contribution in [2.24, 2.45) is 0 Å². The van der Waals surface area contributed by atoms with Gasteiger partial charge in [-0.15, -0.1) is 11.3 Å². The van der Waals surface area contributed by atoms with Crippen molar-refractivity contribution in [3.05, 3.63) is 40.7 Å². The molecule has 1 fully saturated rings. The van der Waals surface area contributed by atoms with Gasteiger partial charge in [0.15, 0.2) is 6.29 Å². The summed E-state index contributed by atoms with van der Waals surface area (Å²) >= 11 is 1.68. The Morgan fingerprint density at radius 2 is 2.05 bits per heavy atom. The highest BCUT2D eigenvalue weighted by Crippen LogP contribution is 2.25. The van der Waals surface area contributed by atoms with Crippen LogP contribution in [0, 0.1) is 0 Å². The van der Waals surface area contributed by atoms with Crippen LogP contribution in [0.2, 0.25) is 0 Å². The summed E-state index contributed by atoms with van der Waals surface area (Å²) in [5.41, 5.74) is 2.19. The van der Waals surface area contributed by atoms with Crippen molar-refractivity contribution in [1.29, 1.82) is 0 Å². The number of hydrogen-bond donors (Lipinski definition) is 1. The topological polar surface area (TPSA) is 43.4 Å². The summed E-state index contributed by atoms with van der Waals surface area (Å²) in [6, 6.07) is 10.4. The van der Waals surface area contributed by atoms with Crippen molar-refractivity contribution >= 4 is 11.3 Å². The van der Waals surface area contributed by atoms with Crippen LogP contribution in [0.4, 0.5) is 0 Å². The fourth-order valence-corrected chi connectivity index (χ4v) is 2.97. The van der Waals surface area contributed by atoms with E-state index < -0.39 is 0 Å². The molecule has 5 heteroatoms. The van der Waals surface area contributed by atoms with Crippen molar-refractivity contribution in [3.8, 4) is 11.3 Å². The highest BCUT2D eigenvalue weighted by molar-refractivity contribution is 7.10. The van der Waals surface area contributed by atoms with E-state index in [1.165, 1.54) is 0 Å². The Labute approximate surface area is 122 Å². The van der Waals surface area contributed by atoms with Gasteiger partial charge >= 0.3 is 0 Å². The van der Waals surface area contributed by atoms with Crippen LogP contribution >= 0.6 is 11.3 Å². The number of ether oxygens (including phenoxy) is 2. The summed E-state index contributed by atoms with van der Waals surface area (Å²) < 4.78 is 10.8. The number of rotatable bonds is 5. The summed E-state index contributed by atoms with van der Waals surface area (Å²) in [7, 11) is 0. The molecule has 0 aliphatic carbocycles. The molecule has 1 unspecified atom stereocenters. The lowest BCUT2D eigenvalue weighted by atomic mass is 10.2. The standard InChI is InChI=1S/C15H18N2O2S/c1-11(16-9-14-18-7-8-19-14)15-17-13(10-20-15)12-5-3-2-4-6-12/h2-6,10-11,14,16H,7-9H2,1H3. The molecule has 1 aromatic heterocycles. The van der Waals surface area contributed by atoms with Gasteiger partial charge in [0.05, 0.1) is 24.9 Å². The molecule has 1 aliphatic rings. The third-order valence-electron chi connectivity index (χ3n) is 3.24. The molecule has 1 aliphatic heterocycles. The molecule has 4 nitrogen and oxygen atoms in total. The van der Waals surface area contributed by atoms with Crippen molar-refractivity contribution < 1.29 is 9.47 Å². The van der Waals surface area contributed by atoms with E-state index in [0.29, 0.717) is 19.8 Å². The van der Waals surface area contributed by atoms with Crippen LogP contribution in [0.15, 0.2) is 35.7 Å². The molecule has 1 N–H and O–H groups in total. The number of hydrogen-bond acceptors (Lipinski definition) is 5. The lowest BCUT2D eigenvalue weighted by molar-refractivity contribution is -0.0403. The first-order chi connectivity index (χ1) is 9.83. The molecule has 0 spiro atoms. The first-order valence-electron chi connectivity index (χ1n) is 6.80. The van der Waals surface area contributed by atoms with Gasteiger partial charge in [-0.05, 0) is 6.92 Å². The first-order valence-corrected chi connectivity index (χ1v) is 7.68. The predicted molar refractivity (Wildman–Crippen MR) is 79.7 cm³/mol. The summed E-state index contributed by atoms with van der Waals surface area (Å²) in [6.45, 7) is 4.19. The molecule has 0 saturated carbocycles. The third-order valence-corrected chi connectivity index (χ3v) is 4.27. The normalized spacial score (nSPS) is 17.4. The molecule has 0 radical (unpaired) electrons. The number of aromatic nitrogens is 1. The molecule has 1 aromatic carbocycles. The summed E-state index contributed by atoms with van der Waals surface area (Å²) in [6.07, 6.45) is -0.119. The molecule has 2 heterocycles. The maximum Gasteiger partial charge on any atom is 0.170 e. The van der Waals surface area contributed by atoms with E-state index in [2.05, 4.69) is 29.8 Å². The molecule has 106 valence electrons. The molecule has 20 heavy (non-hydrogen) atoms. The van der Waals surface area contributed by atoms with Gasteiger partial charge in [0.2, 0.25) is 0 Å². The lowest BCUT2D eigenvalue weighted by Crippen LogP contribution is -2.29. The molecular formula is C15H18N2O2S. The largest absolute Gasteiger partial charge is 0.349 e. The van der Waals surface area contributed by atoms with Gasteiger partial charge in [0, 0.05) is 17.5 Å². The maximum absolute atomic E-state index is 5.41. The molecule has 0 amide bonds. The second-order valence-corrected chi connectivity index (χ2v) is 5.63. The maximum atomic E-state index is 5.41. The van der Waals surface area contributed by atoms with Crippen LogP contribution in [0.1, 0.15) is 18.0 Å². The quantitative estimate of drug-likeness (QED) is 0.919. The Balaban J connectivity index is 1.61. The van der Waals surface area contributed by atoms with Gasteiger partial charge in [-0.2, -0.15) is 0 Å². The van der Waals surface area contributed by atoms with Gasteiger partial charge in [0.1, 0.15) is 5.01 Å². The summed E-state index contributed by atoms with van der Waals surface area (Å²) in [4.78, 5) is 4.70. The van der Waals surface area contributed by atoms with E-state index in [0.717, 1.165) is 16.3 Å². The zero-order chi connectivity index (χ0) is 13.8. The van der Waals surface area contributed by atoms with E-state index in [-0.39, 0.29) is 12.3 Å². The van der Waals surface area contributed by atoms with Crippen LogP contribution in [0.25, 0.3) is 11.3 Å². The second kappa shape index (κ2) is 6.45. The zero-order valence-corrected chi connectivity index (χ0v) is 12.2. The molecule has 0 bridgehead atoms. The van der Waals surface area contributed by atoms with Crippen molar-refractivity contribution in [2.75, 3.05) is 19.8 Å². The minimum atomic E-state index is -0.119. The van der Waals surface area contributed by atoms with Crippen LogP contribution in [0.3, 0.4) is 0 Å². The van der Waals surface area contributed by atoms with Crippen LogP contribution < -0.4 is 5.32 Å². The molecular weight excluding hydrogens is 272 g/mol. The number of nitrogens with one attached hydrogen (secondary N) is 1. The van der Waals surface area contributed by atoms with Crippen LogP contribution in [0.5, 0.6) is 0 Å². The third kappa shape index (κ3) is 3.24. The number of benzene rings is 1. The van der Waals surface area contributed by atoms with E-state index in [4.69, 9.17) is 14.5 Å². The van der Waals surface area contributed by atoms with Crippen LogP contribution in [-0.4, -0.2) is 31.0 Å². The smallest absolute Gasteiger partial charge is 0.170 e. The van der Waals surface area contributed by atoms with E-state index >= 15 is 0 Å². The first kappa shape index (κ1) is 13.7. The zero-order valence-electron chi connectivity index (χ0n) is 11.4. The molecule has 1 saturated heterocycles. The van der Waals surface area contributed by atoms with Gasteiger partial charge in [-0.3, -0.25) is 0 Å². The van der Waals surface area contributed by atoms with E-state index in [1.54, 1.807) is 11.3 Å². The summed E-state index contributed by atoms with van der Waals surface area (Å²) in [5, 5.41) is 6.59. The van der Waals surface area contributed by atoms with Gasteiger partial charge < -0.3 is 14.8 Å². The van der Waals surface area contributed by atoms with Gasteiger partial charge in [-0.1, -0.05) is 30.3 Å². The fraction of sp³-hybridized carbons (Fsp3) is 0.400. The van der Waals surface area contributed by atoms with Gasteiger partial charge in [0.25, 0.3) is 0 Å². The monoisotopic (exact) mass is 290 g/mol. The highest BCUT2D eigenvalue weighted by atomic mass is 32.1. The molecule has 3 rings (SSSR count). The molecule has 1 atom stereocenters. The SMILES string of the molecule is CC(NCC1OCCO1)c1nc(-c2ccccc2)cs1. The highest BCUT2D eigenvalue weighted by Gasteiger charge is 2.18. The Bertz CT molecular complexity index is 538. The van der Waals surface area contributed by atoms with Crippen molar-refractivity contribution in [1.82, 2.24) is 10.3 Å². The predicted octanol–water partition coefficient (Wildman–Crippen LogP) is 2.83. The van der Waals surface area contributed by atoms with Crippen molar-refractivity contribution in [3.63, 3.8) is 0 Å². The van der Waals surface area contributed by atoms with E-state index in [1.807, 2.05) is 18.2 Å². The lowest BCUT2D eigenvalue weighted by Gasteiger charge is -2.14. The van der Waals surface area contributed by atoms with Crippen LogP contribution in [-0.2, 0) is 9.47 Å². The average Bonchev–Trinajstić information content (AvgIpc) is 3.17. The van der Waals surface area contributed by atoms with Gasteiger partial charge in [-0.25, -0.2) is 4.98 Å². The minimum absolute atomic E-state index is 0.119. The Kier molecular flexibility index (Phi) is 4.42.